The number of hydrogen-bond donors (Lipinski definition) is 0. The Hall–Kier alpha value is -7.36. The number of para-hydroxylation sites is 1. The molecular formula is C52H35NO2. The van der Waals surface area contributed by atoms with Crippen molar-refractivity contribution in [3.05, 3.63) is 212 Å². The molecule has 9 aromatic rings. The highest BCUT2D eigenvalue weighted by Gasteiger charge is 2.19. The Morgan fingerprint density at radius 1 is 0.255 bits per heavy atom. The minimum atomic E-state index is 0.705. The highest BCUT2D eigenvalue weighted by atomic mass is 16.5. The highest BCUT2D eigenvalue weighted by Crippen LogP contribution is 2.47. The van der Waals surface area contributed by atoms with E-state index in [9.17, 15) is 0 Å². The van der Waals surface area contributed by atoms with Gasteiger partial charge in [-0.15, -0.1) is 0 Å². The Morgan fingerprint density at radius 3 is 1.15 bits per heavy atom. The molecule has 0 saturated heterocycles. The number of anilines is 3. The SMILES string of the molecule is c1ccc(-c2ccc(-c3ccc(N(c4ccccc4)c4ccc(-c5ccc(-c6ccc7c(c6)Oc6cccc8cccc(c68)O7)cc5)cc4)cc3)cc2)cc1. The Labute approximate surface area is 320 Å². The van der Waals surface area contributed by atoms with Gasteiger partial charge in [-0.05, 0) is 111 Å². The third-order valence-electron chi connectivity index (χ3n) is 10.4. The zero-order chi connectivity index (χ0) is 36.6. The lowest BCUT2D eigenvalue weighted by atomic mass is 9.99. The van der Waals surface area contributed by atoms with E-state index < -0.39 is 0 Å². The number of rotatable bonds is 7. The van der Waals surface area contributed by atoms with Gasteiger partial charge < -0.3 is 14.4 Å². The molecule has 0 atom stereocenters. The van der Waals surface area contributed by atoms with E-state index in [4.69, 9.17) is 9.47 Å². The number of nitrogens with zero attached hydrogens (tertiary/aromatic N) is 1. The largest absolute Gasteiger partial charge is 0.453 e. The fourth-order valence-corrected chi connectivity index (χ4v) is 7.50. The molecule has 0 saturated carbocycles. The molecule has 1 heterocycles. The number of benzene rings is 9. The molecule has 0 amide bonds. The standard InChI is InChI=1S/C52H35NO2/c1-3-9-36(10-4-1)37-17-19-38(20-18-37)40-25-30-46(31-26-40)53(45-13-5-2-6-14-45)47-32-27-41(28-33-47)39-21-23-42(24-22-39)44-29-34-48-51(35-44)55-50-16-8-12-43-11-7-15-49(54-48)52(43)50/h1-35H. The summed E-state index contributed by atoms with van der Waals surface area (Å²) in [6.07, 6.45) is 0. The van der Waals surface area contributed by atoms with E-state index in [1.807, 2.05) is 30.3 Å². The monoisotopic (exact) mass is 705 g/mol. The van der Waals surface area contributed by atoms with Crippen molar-refractivity contribution in [3.63, 3.8) is 0 Å². The van der Waals surface area contributed by atoms with E-state index in [-0.39, 0.29) is 0 Å². The van der Waals surface area contributed by atoms with Gasteiger partial charge in [0.25, 0.3) is 0 Å². The van der Waals surface area contributed by atoms with E-state index in [2.05, 4.69) is 187 Å². The van der Waals surface area contributed by atoms with Crippen LogP contribution in [-0.2, 0) is 0 Å². The van der Waals surface area contributed by atoms with E-state index >= 15 is 0 Å². The van der Waals surface area contributed by atoms with Gasteiger partial charge in [-0.2, -0.15) is 0 Å². The van der Waals surface area contributed by atoms with Crippen molar-refractivity contribution in [2.45, 2.75) is 0 Å². The summed E-state index contributed by atoms with van der Waals surface area (Å²) in [5.41, 5.74) is 12.6. The van der Waals surface area contributed by atoms with Crippen molar-refractivity contribution in [1.82, 2.24) is 0 Å². The molecule has 55 heavy (non-hydrogen) atoms. The van der Waals surface area contributed by atoms with Crippen molar-refractivity contribution in [1.29, 1.82) is 0 Å². The maximum atomic E-state index is 6.44. The molecule has 1 aliphatic rings. The van der Waals surface area contributed by atoms with Crippen LogP contribution < -0.4 is 14.4 Å². The first-order valence-electron chi connectivity index (χ1n) is 18.6. The minimum Gasteiger partial charge on any atom is -0.453 e. The van der Waals surface area contributed by atoms with Crippen molar-refractivity contribution >= 4 is 27.8 Å². The fourth-order valence-electron chi connectivity index (χ4n) is 7.50. The molecule has 3 heteroatoms. The summed E-state index contributed by atoms with van der Waals surface area (Å²) in [6.45, 7) is 0. The number of ether oxygens (including phenoxy) is 2. The van der Waals surface area contributed by atoms with E-state index in [1.54, 1.807) is 0 Å². The molecule has 0 aromatic heterocycles. The maximum absolute atomic E-state index is 6.44. The predicted molar refractivity (Wildman–Crippen MR) is 227 cm³/mol. The Kier molecular flexibility index (Phi) is 8.16. The predicted octanol–water partition coefficient (Wildman–Crippen LogP) is 14.9. The average Bonchev–Trinajstić information content (AvgIpc) is 3.42. The van der Waals surface area contributed by atoms with Gasteiger partial charge in [0, 0.05) is 17.1 Å². The van der Waals surface area contributed by atoms with Gasteiger partial charge in [0.2, 0.25) is 0 Å². The Morgan fingerprint density at radius 2 is 0.636 bits per heavy atom. The molecule has 0 aliphatic carbocycles. The van der Waals surface area contributed by atoms with Crippen LogP contribution in [0.4, 0.5) is 17.1 Å². The van der Waals surface area contributed by atoms with Crippen LogP contribution in [0.15, 0.2) is 212 Å². The van der Waals surface area contributed by atoms with Crippen LogP contribution >= 0.6 is 0 Å². The van der Waals surface area contributed by atoms with Crippen LogP contribution in [-0.4, -0.2) is 0 Å². The lowest BCUT2D eigenvalue weighted by Gasteiger charge is -2.26. The second-order valence-corrected chi connectivity index (χ2v) is 13.8. The second kappa shape index (κ2) is 13.9. The van der Waals surface area contributed by atoms with Crippen LogP contribution in [0.2, 0.25) is 0 Å². The molecule has 0 radical (unpaired) electrons. The van der Waals surface area contributed by atoms with Crippen LogP contribution in [0.1, 0.15) is 0 Å². The number of hydrogen-bond acceptors (Lipinski definition) is 3. The quantitative estimate of drug-likeness (QED) is 0.165. The molecule has 10 rings (SSSR count). The summed E-state index contributed by atoms with van der Waals surface area (Å²) in [5.74, 6) is 3.02. The minimum absolute atomic E-state index is 0.705. The van der Waals surface area contributed by atoms with Gasteiger partial charge in [-0.3, -0.25) is 0 Å². The van der Waals surface area contributed by atoms with Gasteiger partial charge in [0.1, 0.15) is 11.5 Å². The molecule has 0 spiro atoms. The van der Waals surface area contributed by atoms with Gasteiger partial charge in [0.15, 0.2) is 11.5 Å². The molecule has 260 valence electrons. The smallest absolute Gasteiger partial charge is 0.170 e. The van der Waals surface area contributed by atoms with E-state index in [0.717, 1.165) is 61.6 Å². The van der Waals surface area contributed by atoms with Gasteiger partial charge in [-0.25, -0.2) is 0 Å². The summed E-state index contributed by atoms with van der Waals surface area (Å²) in [7, 11) is 0. The molecular weight excluding hydrogens is 671 g/mol. The first-order chi connectivity index (χ1) is 27.2. The molecule has 0 N–H and O–H groups in total. The van der Waals surface area contributed by atoms with Gasteiger partial charge >= 0.3 is 0 Å². The summed E-state index contributed by atoms with van der Waals surface area (Å²) in [6, 6.07) is 74.5. The third kappa shape index (κ3) is 6.28. The Bertz CT molecular complexity index is 2750. The first-order valence-corrected chi connectivity index (χ1v) is 18.6. The highest BCUT2D eigenvalue weighted by molar-refractivity contribution is 5.95. The van der Waals surface area contributed by atoms with Crippen molar-refractivity contribution in [3.8, 4) is 67.5 Å². The van der Waals surface area contributed by atoms with Crippen molar-refractivity contribution in [2.75, 3.05) is 4.90 Å². The topological polar surface area (TPSA) is 21.7 Å². The van der Waals surface area contributed by atoms with Crippen LogP contribution in [0.3, 0.4) is 0 Å². The summed E-state index contributed by atoms with van der Waals surface area (Å²) < 4.78 is 12.8. The maximum Gasteiger partial charge on any atom is 0.170 e. The normalized spacial score (nSPS) is 11.6. The summed E-state index contributed by atoms with van der Waals surface area (Å²) in [4.78, 5) is 2.30. The van der Waals surface area contributed by atoms with Crippen molar-refractivity contribution in [2.24, 2.45) is 0 Å². The van der Waals surface area contributed by atoms with Gasteiger partial charge in [-0.1, -0.05) is 152 Å². The van der Waals surface area contributed by atoms with Crippen LogP contribution in [0.5, 0.6) is 23.0 Å². The van der Waals surface area contributed by atoms with Crippen molar-refractivity contribution < 1.29 is 9.47 Å². The van der Waals surface area contributed by atoms with Crippen LogP contribution in [0, 0.1) is 0 Å². The lowest BCUT2D eigenvalue weighted by Crippen LogP contribution is -2.09. The Balaban J connectivity index is 0.893. The van der Waals surface area contributed by atoms with Gasteiger partial charge in [0.05, 0.1) is 5.39 Å². The zero-order valence-electron chi connectivity index (χ0n) is 30.0. The molecule has 0 bridgehead atoms. The molecule has 3 nitrogen and oxygen atoms in total. The third-order valence-corrected chi connectivity index (χ3v) is 10.4. The fraction of sp³-hybridized carbons (Fsp3) is 0. The molecule has 1 aliphatic heterocycles. The number of fused-ring (bicyclic) bond motifs is 1. The summed E-state index contributed by atoms with van der Waals surface area (Å²) in [5, 5.41) is 2.08. The lowest BCUT2D eigenvalue weighted by molar-refractivity contribution is 0.439. The molecule has 0 fully saturated rings. The molecule has 0 unspecified atom stereocenters. The van der Waals surface area contributed by atoms with E-state index in [0.29, 0.717) is 11.5 Å². The van der Waals surface area contributed by atoms with Crippen LogP contribution in [0.25, 0.3) is 55.3 Å². The zero-order valence-corrected chi connectivity index (χ0v) is 30.0. The second-order valence-electron chi connectivity index (χ2n) is 13.8. The average molecular weight is 706 g/mol. The summed E-state index contributed by atoms with van der Waals surface area (Å²) >= 11 is 0. The van der Waals surface area contributed by atoms with E-state index in [1.165, 1.54) is 22.3 Å². The first kappa shape index (κ1) is 32.3. The molecule has 9 aromatic carbocycles.